The maximum atomic E-state index is 12.1. The summed E-state index contributed by atoms with van der Waals surface area (Å²) in [6, 6.07) is 5.43. The maximum absolute atomic E-state index is 12.1. The number of aliphatic hydroxyl groups excluding tert-OH is 1. The minimum Gasteiger partial charge on any atom is -0.493 e. The highest BCUT2D eigenvalue weighted by molar-refractivity contribution is 5.97. The zero-order valence-electron chi connectivity index (χ0n) is 13.2. The summed E-state index contributed by atoms with van der Waals surface area (Å²) in [5.74, 6) is 1.03. The summed E-state index contributed by atoms with van der Waals surface area (Å²) < 4.78 is 10.4. The van der Waals surface area contributed by atoms with Crippen molar-refractivity contribution in [3.63, 3.8) is 0 Å². The normalized spacial score (nSPS) is 12.0. The zero-order valence-corrected chi connectivity index (χ0v) is 13.2. The van der Waals surface area contributed by atoms with Crippen molar-refractivity contribution in [1.82, 2.24) is 5.32 Å². The van der Waals surface area contributed by atoms with Crippen LogP contribution in [0.25, 0.3) is 6.08 Å². The van der Waals surface area contributed by atoms with Gasteiger partial charge in [-0.05, 0) is 44.5 Å². The van der Waals surface area contributed by atoms with E-state index in [4.69, 9.17) is 9.47 Å². The quantitative estimate of drug-likeness (QED) is 0.787. The fraction of sp³-hybridized carbons (Fsp3) is 0.438. The first-order valence-corrected chi connectivity index (χ1v) is 6.66. The van der Waals surface area contributed by atoms with E-state index in [1.165, 1.54) is 0 Å². The van der Waals surface area contributed by atoms with Gasteiger partial charge in [0.25, 0.3) is 0 Å². The molecule has 0 aromatic heterocycles. The van der Waals surface area contributed by atoms with Gasteiger partial charge in [-0.25, -0.2) is 0 Å². The van der Waals surface area contributed by atoms with Crippen LogP contribution in [0, 0.1) is 0 Å². The van der Waals surface area contributed by atoms with Gasteiger partial charge in [-0.15, -0.1) is 0 Å². The van der Waals surface area contributed by atoms with Gasteiger partial charge in [0.05, 0.1) is 26.4 Å². The highest BCUT2D eigenvalue weighted by atomic mass is 16.5. The first-order valence-electron chi connectivity index (χ1n) is 6.66. The first-order chi connectivity index (χ1) is 9.82. The highest BCUT2D eigenvalue weighted by Crippen LogP contribution is 2.28. The summed E-state index contributed by atoms with van der Waals surface area (Å²) in [4.78, 5) is 12.1. The summed E-state index contributed by atoms with van der Waals surface area (Å²) in [6.45, 7) is 5.12. The number of amides is 1. The lowest BCUT2D eigenvalue weighted by molar-refractivity contribution is -0.119. The van der Waals surface area contributed by atoms with E-state index >= 15 is 0 Å². The summed E-state index contributed by atoms with van der Waals surface area (Å²) >= 11 is 0. The number of carbonyl (C=O) groups is 1. The zero-order chi connectivity index (χ0) is 16.0. The second-order valence-electron chi connectivity index (χ2n) is 5.44. The number of hydrogen-bond acceptors (Lipinski definition) is 4. The van der Waals surface area contributed by atoms with E-state index in [1.54, 1.807) is 53.2 Å². The van der Waals surface area contributed by atoms with Crippen molar-refractivity contribution in [2.75, 3.05) is 20.8 Å². The Morgan fingerprint density at radius 3 is 2.43 bits per heavy atom. The molecule has 0 saturated heterocycles. The van der Waals surface area contributed by atoms with Crippen molar-refractivity contribution in [2.45, 2.75) is 26.3 Å². The fourth-order valence-corrected chi connectivity index (χ4v) is 1.70. The SMILES string of the molecule is COc1ccc(/C=C(\C)C(=O)NC(C)(C)CO)cc1OC. The van der Waals surface area contributed by atoms with Crippen LogP contribution in [0.2, 0.25) is 0 Å². The molecule has 5 heteroatoms. The molecule has 1 amide bonds. The largest absolute Gasteiger partial charge is 0.493 e. The molecule has 0 saturated carbocycles. The number of rotatable bonds is 6. The van der Waals surface area contributed by atoms with Gasteiger partial charge < -0.3 is 19.9 Å². The van der Waals surface area contributed by atoms with Crippen LogP contribution in [-0.2, 0) is 4.79 Å². The molecular weight excluding hydrogens is 270 g/mol. The Bertz CT molecular complexity index is 535. The molecule has 0 aliphatic carbocycles. The number of carbonyl (C=O) groups excluding carboxylic acids is 1. The number of methoxy groups -OCH3 is 2. The van der Waals surface area contributed by atoms with E-state index in [0.29, 0.717) is 17.1 Å². The van der Waals surface area contributed by atoms with Gasteiger partial charge >= 0.3 is 0 Å². The molecule has 21 heavy (non-hydrogen) atoms. The standard InChI is InChI=1S/C16H23NO4/c1-11(15(19)17-16(2,3)10-18)8-12-6-7-13(20-4)14(9-12)21-5/h6-9,18H,10H2,1-5H3,(H,17,19)/b11-8+. The maximum Gasteiger partial charge on any atom is 0.247 e. The molecule has 5 nitrogen and oxygen atoms in total. The van der Waals surface area contributed by atoms with E-state index < -0.39 is 5.54 Å². The van der Waals surface area contributed by atoms with Gasteiger partial charge in [-0.2, -0.15) is 0 Å². The molecule has 1 aromatic rings. The average molecular weight is 293 g/mol. The van der Waals surface area contributed by atoms with Gasteiger partial charge in [0.1, 0.15) is 0 Å². The molecule has 0 aliphatic heterocycles. The second kappa shape index (κ2) is 7.13. The summed E-state index contributed by atoms with van der Waals surface area (Å²) in [5.41, 5.74) is 0.731. The molecule has 1 aromatic carbocycles. The van der Waals surface area contributed by atoms with Crippen molar-refractivity contribution >= 4 is 12.0 Å². The minimum atomic E-state index is -0.649. The Kier molecular flexibility index (Phi) is 5.79. The van der Waals surface area contributed by atoms with Crippen LogP contribution < -0.4 is 14.8 Å². The predicted octanol–water partition coefficient (Wildman–Crippen LogP) is 1.99. The molecule has 0 radical (unpaired) electrons. The molecule has 0 heterocycles. The van der Waals surface area contributed by atoms with Gasteiger partial charge in [-0.3, -0.25) is 4.79 Å². The predicted molar refractivity (Wildman–Crippen MR) is 82.5 cm³/mol. The lowest BCUT2D eigenvalue weighted by Gasteiger charge is -2.23. The van der Waals surface area contributed by atoms with Gasteiger partial charge in [0, 0.05) is 5.57 Å². The Morgan fingerprint density at radius 1 is 1.29 bits per heavy atom. The van der Waals surface area contributed by atoms with Gasteiger partial charge in [0.15, 0.2) is 11.5 Å². The molecule has 0 unspecified atom stereocenters. The van der Waals surface area contributed by atoms with Crippen molar-refractivity contribution in [3.05, 3.63) is 29.3 Å². The monoisotopic (exact) mass is 293 g/mol. The number of benzene rings is 1. The van der Waals surface area contributed by atoms with E-state index in [1.807, 2.05) is 6.07 Å². The Morgan fingerprint density at radius 2 is 1.90 bits per heavy atom. The van der Waals surface area contributed by atoms with E-state index in [0.717, 1.165) is 5.56 Å². The van der Waals surface area contributed by atoms with Crippen molar-refractivity contribution in [2.24, 2.45) is 0 Å². The lowest BCUT2D eigenvalue weighted by atomic mass is 10.1. The first kappa shape index (κ1) is 17.0. The van der Waals surface area contributed by atoms with Crippen LogP contribution in [0.5, 0.6) is 11.5 Å². The Hall–Kier alpha value is -2.01. The molecular formula is C16H23NO4. The molecule has 0 aliphatic rings. The second-order valence-corrected chi connectivity index (χ2v) is 5.44. The number of ether oxygens (including phenoxy) is 2. The summed E-state index contributed by atoms with van der Waals surface area (Å²) in [5, 5.41) is 11.9. The Labute approximate surface area is 125 Å². The minimum absolute atomic E-state index is 0.123. The third kappa shape index (κ3) is 4.79. The molecule has 0 atom stereocenters. The van der Waals surface area contributed by atoms with Crippen LogP contribution in [0.3, 0.4) is 0 Å². The lowest BCUT2D eigenvalue weighted by Crippen LogP contribution is -2.46. The van der Waals surface area contributed by atoms with Crippen molar-refractivity contribution in [3.8, 4) is 11.5 Å². The highest BCUT2D eigenvalue weighted by Gasteiger charge is 2.19. The van der Waals surface area contributed by atoms with Crippen LogP contribution in [0.1, 0.15) is 26.3 Å². The van der Waals surface area contributed by atoms with Gasteiger partial charge in [-0.1, -0.05) is 6.07 Å². The van der Waals surface area contributed by atoms with E-state index in [2.05, 4.69) is 5.32 Å². The third-order valence-corrected chi connectivity index (χ3v) is 3.00. The molecule has 2 N–H and O–H groups in total. The average Bonchev–Trinajstić information content (AvgIpc) is 2.46. The van der Waals surface area contributed by atoms with E-state index in [-0.39, 0.29) is 12.5 Å². The molecule has 116 valence electrons. The van der Waals surface area contributed by atoms with Crippen molar-refractivity contribution in [1.29, 1.82) is 0 Å². The molecule has 0 spiro atoms. The summed E-state index contributed by atoms with van der Waals surface area (Å²) in [7, 11) is 3.14. The topological polar surface area (TPSA) is 67.8 Å². The third-order valence-electron chi connectivity index (χ3n) is 3.00. The molecule has 0 bridgehead atoms. The number of hydrogen-bond donors (Lipinski definition) is 2. The van der Waals surface area contributed by atoms with Crippen LogP contribution in [0.4, 0.5) is 0 Å². The Balaban J connectivity index is 2.94. The number of nitrogens with one attached hydrogen (secondary N) is 1. The van der Waals surface area contributed by atoms with Crippen LogP contribution >= 0.6 is 0 Å². The summed E-state index contributed by atoms with van der Waals surface area (Å²) in [6.07, 6.45) is 1.75. The molecule has 0 fully saturated rings. The molecule has 1 rings (SSSR count). The van der Waals surface area contributed by atoms with Gasteiger partial charge in [0.2, 0.25) is 5.91 Å². The smallest absolute Gasteiger partial charge is 0.247 e. The van der Waals surface area contributed by atoms with Crippen LogP contribution in [-0.4, -0.2) is 37.4 Å². The fourth-order valence-electron chi connectivity index (χ4n) is 1.70. The van der Waals surface area contributed by atoms with Crippen molar-refractivity contribution < 1.29 is 19.4 Å². The van der Waals surface area contributed by atoms with Crippen LogP contribution in [0.15, 0.2) is 23.8 Å². The van der Waals surface area contributed by atoms with E-state index in [9.17, 15) is 9.90 Å². The number of aliphatic hydroxyl groups is 1.